The van der Waals surface area contributed by atoms with E-state index in [0.29, 0.717) is 23.9 Å². The van der Waals surface area contributed by atoms with Crippen molar-refractivity contribution in [3.8, 4) is 0 Å². The molecular formula is C12H16Cl3N3O. The third-order valence-corrected chi connectivity index (χ3v) is 3.65. The highest BCUT2D eigenvalue weighted by Crippen LogP contribution is 2.29. The maximum atomic E-state index is 12.1. The summed E-state index contributed by atoms with van der Waals surface area (Å²) in [4.78, 5) is 17.9. The van der Waals surface area contributed by atoms with E-state index in [4.69, 9.17) is 34.8 Å². The Hall–Kier alpha value is -0.710. The van der Waals surface area contributed by atoms with Crippen LogP contribution in [0.3, 0.4) is 0 Å². The topological polar surface area (TPSA) is 45.2 Å². The van der Waals surface area contributed by atoms with Gasteiger partial charge in [0.25, 0.3) is 0 Å². The van der Waals surface area contributed by atoms with Gasteiger partial charge in [0.1, 0.15) is 17.0 Å². The van der Waals surface area contributed by atoms with Gasteiger partial charge in [0.05, 0.1) is 10.0 Å². The van der Waals surface area contributed by atoms with E-state index in [-0.39, 0.29) is 16.1 Å². The van der Waals surface area contributed by atoms with Crippen LogP contribution >= 0.6 is 34.8 Å². The fourth-order valence-electron chi connectivity index (χ4n) is 1.62. The third-order valence-electron chi connectivity index (χ3n) is 2.69. The number of amides is 1. The number of nitrogens with one attached hydrogen (secondary N) is 1. The molecule has 1 unspecified atom stereocenters. The first-order chi connectivity index (χ1) is 8.90. The predicted octanol–water partition coefficient (Wildman–Crippen LogP) is 3.71. The van der Waals surface area contributed by atoms with Crippen LogP contribution in [0.5, 0.6) is 0 Å². The first kappa shape index (κ1) is 16.3. The Kier molecular flexibility index (Phi) is 6.17. The Labute approximate surface area is 128 Å². The van der Waals surface area contributed by atoms with Crippen molar-refractivity contribution in [2.75, 3.05) is 18.4 Å². The lowest BCUT2D eigenvalue weighted by Crippen LogP contribution is -2.41. The number of aromatic nitrogens is 1. The largest absolute Gasteiger partial charge is 0.357 e. The highest BCUT2D eigenvalue weighted by molar-refractivity contribution is 6.42. The summed E-state index contributed by atoms with van der Waals surface area (Å²) in [6, 6.07) is 1.05. The Morgan fingerprint density at radius 1 is 1.32 bits per heavy atom. The van der Waals surface area contributed by atoms with Gasteiger partial charge in [-0.15, -0.1) is 0 Å². The molecule has 1 heterocycles. The standard InChI is InChI=1S/C12H16Cl3N3O/c1-4-18(5-2)12(19)7(3)16-11-9(14)6-8(13)10(15)17-11/h6-7H,4-5H2,1-3H3,(H,16,17). The number of carbonyl (C=O) groups is 1. The Morgan fingerprint density at radius 2 is 1.89 bits per heavy atom. The molecule has 7 heteroatoms. The minimum atomic E-state index is -0.442. The number of carbonyl (C=O) groups excluding carboxylic acids is 1. The van der Waals surface area contributed by atoms with Crippen LogP contribution in [0.1, 0.15) is 20.8 Å². The molecule has 0 spiro atoms. The van der Waals surface area contributed by atoms with Crippen LogP contribution in [0.25, 0.3) is 0 Å². The van der Waals surface area contributed by atoms with Crippen molar-refractivity contribution in [3.05, 3.63) is 21.3 Å². The second-order valence-corrected chi connectivity index (χ2v) is 5.14. The molecular weight excluding hydrogens is 309 g/mol. The van der Waals surface area contributed by atoms with Crippen molar-refractivity contribution in [2.24, 2.45) is 0 Å². The van der Waals surface area contributed by atoms with Crippen molar-refractivity contribution >= 4 is 46.5 Å². The fourth-order valence-corrected chi connectivity index (χ4v) is 2.17. The normalized spacial score (nSPS) is 12.1. The van der Waals surface area contributed by atoms with E-state index in [0.717, 1.165) is 0 Å². The number of anilines is 1. The molecule has 1 rings (SSSR count). The van der Waals surface area contributed by atoms with Gasteiger partial charge in [-0.2, -0.15) is 0 Å². The first-order valence-corrected chi connectivity index (χ1v) is 7.10. The van der Waals surface area contributed by atoms with Gasteiger partial charge in [0.2, 0.25) is 5.91 Å². The van der Waals surface area contributed by atoms with Crippen LogP contribution in [0.2, 0.25) is 15.2 Å². The number of rotatable bonds is 5. The molecule has 0 saturated heterocycles. The average molecular weight is 325 g/mol. The fraction of sp³-hybridized carbons (Fsp3) is 0.500. The molecule has 0 radical (unpaired) electrons. The van der Waals surface area contributed by atoms with Crippen LogP contribution in [0, 0.1) is 0 Å². The number of hydrogen-bond acceptors (Lipinski definition) is 3. The molecule has 1 N–H and O–H groups in total. The van der Waals surface area contributed by atoms with Crippen LogP contribution < -0.4 is 5.32 Å². The lowest BCUT2D eigenvalue weighted by Gasteiger charge is -2.24. The minimum Gasteiger partial charge on any atom is -0.357 e. The lowest BCUT2D eigenvalue weighted by molar-refractivity contribution is -0.131. The molecule has 0 aromatic carbocycles. The van der Waals surface area contributed by atoms with Gasteiger partial charge >= 0.3 is 0 Å². The molecule has 1 atom stereocenters. The Morgan fingerprint density at radius 3 is 2.42 bits per heavy atom. The Bertz CT molecular complexity index is 464. The van der Waals surface area contributed by atoms with Gasteiger partial charge < -0.3 is 10.2 Å². The van der Waals surface area contributed by atoms with Crippen molar-refractivity contribution in [2.45, 2.75) is 26.8 Å². The van der Waals surface area contributed by atoms with Crippen LogP contribution in [0.4, 0.5) is 5.82 Å². The summed E-state index contributed by atoms with van der Waals surface area (Å²) in [6.07, 6.45) is 0. The number of pyridine rings is 1. The quantitative estimate of drug-likeness (QED) is 0.840. The minimum absolute atomic E-state index is 0.0195. The number of hydrogen-bond donors (Lipinski definition) is 1. The zero-order valence-electron chi connectivity index (χ0n) is 11.0. The molecule has 1 amide bonds. The zero-order chi connectivity index (χ0) is 14.6. The highest BCUT2D eigenvalue weighted by Gasteiger charge is 2.19. The van der Waals surface area contributed by atoms with Crippen molar-refractivity contribution in [1.82, 2.24) is 9.88 Å². The predicted molar refractivity (Wildman–Crippen MR) is 80.3 cm³/mol. The van der Waals surface area contributed by atoms with E-state index >= 15 is 0 Å². The maximum Gasteiger partial charge on any atom is 0.244 e. The average Bonchev–Trinajstić information content (AvgIpc) is 2.37. The molecule has 0 aliphatic rings. The van der Waals surface area contributed by atoms with Gasteiger partial charge in [-0.25, -0.2) is 4.98 Å². The van der Waals surface area contributed by atoms with Gasteiger partial charge in [-0.3, -0.25) is 4.79 Å². The molecule has 0 fully saturated rings. The van der Waals surface area contributed by atoms with Crippen LogP contribution in [0.15, 0.2) is 6.07 Å². The lowest BCUT2D eigenvalue weighted by atomic mass is 10.2. The molecule has 0 aliphatic heterocycles. The number of likely N-dealkylation sites (N-methyl/N-ethyl adjacent to an activating group) is 1. The smallest absolute Gasteiger partial charge is 0.244 e. The summed E-state index contributed by atoms with van der Waals surface area (Å²) in [5.74, 6) is 0.331. The third kappa shape index (κ3) is 4.13. The van der Waals surface area contributed by atoms with Crippen molar-refractivity contribution < 1.29 is 4.79 Å². The molecule has 1 aromatic heterocycles. The first-order valence-electron chi connectivity index (χ1n) is 5.97. The maximum absolute atomic E-state index is 12.1. The highest BCUT2D eigenvalue weighted by atomic mass is 35.5. The van der Waals surface area contributed by atoms with E-state index in [2.05, 4.69) is 10.3 Å². The number of halogens is 3. The van der Waals surface area contributed by atoms with Crippen LogP contribution in [-0.2, 0) is 4.79 Å². The molecule has 1 aromatic rings. The second kappa shape index (κ2) is 7.17. The molecule has 0 bridgehead atoms. The molecule has 106 valence electrons. The van der Waals surface area contributed by atoms with Gasteiger partial charge in [-0.05, 0) is 26.8 Å². The van der Waals surface area contributed by atoms with E-state index < -0.39 is 6.04 Å². The van der Waals surface area contributed by atoms with E-state index in [1.807, 2.05) is 13.8 Å². The van der Waals surface area contributed by atoms with E-state index in [1.54, 1.807) is 11.8 Å². The molecule has 19 heavy (non-hydrogen) atoms. The zero-order valence-corrected chi connectivity index (χ0v) is 13.3. The second-order valence-electron chi connectivity index (χ2n) is 3.97. The summed E-state index contributed by atoms with van der Waals surface area (Å²) in [5, 5.41) is 3.70. The van der Waals surface area contributed by atoms with Crippen LogP contribution in [-0.4, -0.2) is 34.9 Å². The van der Waals surface area contributed by atoms with Gasteiger partial charge in [0, 0.05) is 13.1 Å². The summed E-state index contributed by atoms with van der Waals surface area (Å²) >= 11 is 17.6. The molecule has 4 nitrogen and oxygen atoms in total. The van der Waals surface area contributed by atoms with Gasteiger partial charge in [-0.1, -0.05) is 34.8 Å². The summed E-state index contributed by atoms with van der Waals surface area (Å²) < 4.78 is 0. The van der Waals surface area contributed by atoms with Crippen molar-refractivity contribution in [1.29, 1.82) is 0 Å². The van der Waals surface area contributed by atoms with Gasteiger partial charge in [0.15, 0.2) is 0 Å². The monoisotopic (exact) mass is 323 g/mol. The van der Waals surface area contributed by atoms with E-state index in [9.17, 15) is 4.79 Å². The SMILES string of the molecule is CCN(CC)C(=O)C(C)Nc1nc(Cl)c(Cl)cc1Cl. The number of nitrogens with zero attached hydrogens (tertiary/aromatic N) is 2. The van der Waals surface area contributed by atoms with E-state index in [1.165, 1.54) is 6.07 Å². The molecule has 0 saturated carbocycles. The summed E-state index contributed by atoms with van der Waals surface area (Å²) in [6.45, 7) is 6.92. The summed E-state index contributed by atoms with van der Waals surface area (Å²) in [5.41, 5.74) is 0. The summed E-state index contributed by atoms with van der Waals surface area (Å²) in [7, 11) is 0. The molecule has 0 aliphatic carbocycles. The van der Waals surface area contributed by atoms with Crippen molar-refractivity contribution in [3.63, 3.8) is 0 Å². The Balaban J connectivity index is 2.85.